The molecule has 1 aliphatic heterocycles. The van der Waals surface area contributed by atoms with Crippen LogP contribution in [0.2, 0.25) is 0 Å². The van der Waals surface area contributed by atoms with Gasteiger partial charge in [0.2, 0.25) is 10.0 Å². The molecular formula is C19H23FN4O4S. The van der Waals surface area contributed by atoms with E-state index < -0.39 is 10.0 Å². The van der Waals surface area contributed by atoms with Gasteiger partial charge >= 0.3 is 0 Å². The van der Waals surface area contributed by atoms with Crippen LogP contribution in [0.25, 0.3) is 5.69 Å². The van der Waals surface area contributed by atoms with Crippen molar-refractivity contribution in [3.8, 4) is 5.69 Å². The maximum absolute atomic E-state index is 13.2. The lowest BCUT2D eigenvalue weighted by Crippen LogP contribution is -2.43. The Hall–Kier alpha value is -2.30. The van der Waals surface area contributed by atoms with Gasteiger partial charge in [0, 0.05) is 30.9 Å². The van der Waals surface area contributed by atoms with Crippen molar-refractivity contribution >= 4 is 15.9 Å². The zero-order valence-electron chi connectivity index (χ0n) is 15.9. The summed E-state index contributed by atoms with van der Waals surface area (Å²) in [5, 5.41) is 7.13. The van der Waals surface area contributed by atoms with Crippen molar-refractivity contribution in [2.24, 2.45) is 0 Å². The lowest BCUT2D eigenvalue weighted by atomic mass is 10.2. The van der Waals surface area contributed by atoms with Gasteiger partial charge in [-0.15, -0.1) is 0 Å². The number of hydrogen-bond acceptors (Lipinski definition) is 5. The van der Waals surface area contributed by atoms with Crippen LogP contribution in [0.1, 0.15) is 28.2 Å². The molecule has 8 nitrogen and oxygen atoms in total. The van der Waals surface area contributed by atoms with Crippen molar-refractivity contribution in [1.29, 1.82) is 0 Å². The van der Waals surface area contributed by atoms with Gasteiger partial charge in [-0.3, -0.25) is 4.79 Å². The van der Waals surface area contributed by atoms with Crippen LogP contribution in [0, 0.1) is 5.82 Å². The number of sulfonamides is 1. The minimum Gasteiger partial charge on any atom is -0.379 e. The van der Waals surface area contributed by atoms with Crippen LogP contribution in [-0.2, 0) is 27.6 Å². The molecule has 0 unspecified atom stereocenters. The van der Waals surface area contributed by atoms with Crippen molar-refractivity contribution in [3.05, 3.63) is 47.0 Å². The highest BCUT2D eigenvalue weighted by atomic mass is 32.2. The van der Waals surface area contributed by atoms with Gasteiger partial charge < -0.3 is 10.1 Å². The van der Waals surface area contributed by atoms with Crippen molar-refractivity contribution in [2.75, 3.05) is 38.6 Å². The fourth-order valence-electron chi connectivity index (χ4n) is 3.75. The Balaban J connectivity index is 1.45. The summed E-state index contributed by atoms with van der Waals surface area (Å²) in [6.07, 6.45) is 2.45. The van der Waals surface area contributed by atoms with Gasteiger partial charge in [-0.05, 0) is 43.5 Å². The number of fused-ring (bicyclic) bond motifs is 1. The van der Waals surface area contributed by atoms with E-state index in [-0.39, 0.29) is 24.0 Å². The zero-order valence-corrected chi connectivity index (χ0v) is 16.8. The third-order valence-electron chi connectivity index (χ3n) is 5.23. The molecule has 156 valence electrons. The molecule has 2 heterocycles. The number of amides is 1. The first kappa shape index (κ1) is 20.0. The van der Waals surface area contributed by atoms with Gasteiger partial charge in [0.15, 0.2) is 5.69 Å². The third kappa shape index (κ3) is 4.19. The minimum atomic E-state index is -3.44. The van der Waals surface area contributed by atoms with Crippen molar-refractivity contribution in [2.45, 2.75) is 19.3 Å². The maximum Gasteiger partial charge on any atom is 0.272 e. The number of nitrogens with zero attached hydrogens (tertiary/aromatic N) is 3. The summed E-state index contributed by atoms with van der Waals surface area (Å²) < 4.78 is 46.2. The first-order valence-electron chi connectivity index (χ1n) is 9.66. The Labute approximate surface area is 168 Å². The lowest BCUT2D eigenvalue weighted by Gasteiger charge is -2.26. The fourth-order valence-corrected chi connectivity index (χ4v) is 5.07. The fraction of sp³-hybridized carbons (Fsp3) is 0.474. The van der Waals surface area contributed by atoms with Crippen LogP contribution in [-0.4, -0.2) is 67.0 Å². The summed E-state index contributed by atoms with van der Waals surface area (Å²) >= 11 is 0. The number of nitrogens with one attached hydrogen (secondary N) is 1. The summed E-state index contributed by atoms with van der Waals surface area (Å²) in [7, 11) is -3.44. The highest BCUT2D eigenvalue weighted by molar-refractivity contribution is 7.89. The third-order valence-corrected chi connectivity index (χ3v) is 7.10. The number of carbonyl (C=O) groups excluding carboxylic acids is 1. The van der Waals surface area contributed by atoms with Crippen LogP contribution in [0.15, 0.2) is 24.3 Å². The second-order valence-corrected chi connectivity index (χ2v) is 9.19. The van der Waals surface area contributed by atoms with Crippen LogP contribution in [0.5, 0.6) is 0 Å². The van der Waals surface area contributed by atoms with E-state index in [0.29, 0.717) is 37.7 Å². The molecule has 1 aromatic carbocycles. The van der Waals surface area contributed by atoms with E-state index in [1.54, 1.807) is 16.8 Å². The largest absolute Gasteiger partial charge is 0.379 e. The average Bonchev–Trinajstić information content (AvgIpc) is 3.32. The number of morpholine rings is 1. The number of carbonyl (C=O) groups is 1. The Morgan fingerprint density at radius 3 is 2.62 bits per heavy atom. The summed E-state index contributed by atoms with van der Waals surface area (Å²) in [6.45, 7) is 1.46. The number of benzene rings is 1. The Morgan fingerprint density at radius 1 is 1.17 bits per heavy atom. The van der Waals surface area contributed by atoms with E-state index >= 15 is 0 Å². The Kier molecular flexibility index (Phi) is 5.66. The first-order chi connectivity index (χ1) is 14.0. The van der Waals surface area contributed by atoms with Gasteiger partial charge in [0.1, 0.15) is 5.82 Å². The molecule has 1 fully saturated rings. The molecule has 0 spiro atoms. The van der Waals surface area contributed by atoms with Crippen LogP contribution in [0.4, 0.5) is 4.39 Å². The smallest absolute Gasteiger partial charge is 0.272 e. The number of ether oxygens (including phenoxy) is 1. The van der Waals surface area contributed by atoms with Gasteiger partial charge in [-0.2, -0.15) is 9.40 Å². The van der Waals surface area contributed by atoms with Gasteiger partial charge in [0.25, 0.3) is 5.91 Å². The second kappa shape index (κ2) is 8.21. The summed E-state index contributed by atoms with van der Waals surface area (Å²) in [4.78, 5) is 12.7. The molecule has 1 aliphatic carbocycles. The van der Waals surface area contributed by atoms with E-state index in [1.807, 2.05) is 0 Å². The molecule has 2 aromatic rings. The maximum atomic E-state index is 13.2. The van der Waals surface area contributed by atoms with Crippen molar-refractivity contribution in [3.63, 3.8) is 0 Å². The molecular weight excluding hydrogens is 399 g/mol. The molecule has 0 radical (unpaired) electrons. The predicted molar refractivity (Wildman–Crippen MR) is 104 cm³/mol. The standard InChI is InChI=1S/C19H23FN4O4S/c20-14-4-6-15(7-5-14)24-17-3-1-2-16(17)18(22-24)19(25)21-8-13-29(26,27)23-9-11-28-12-10-23/h4-7H,1-3,8-13H2,(H,21,25). The molecule has 0 saturated carbocycles. The van der Waals surface area contributed by atoms with Crippen LogP contribution >= 0.6 is 0 Å². The molecule has 4 rings (SSSR count). The van der Waals surface area contributed by atoms with Crippen molar-refractivity contribution < 1.29 is 22.3 Å². The molecule has 10 heteroatoms. The van der Waals surface area contributed by atoms with E-state index in [2.05, 4.69) is 10.4 Å². The molecule has 29 heavy (non-hydrogen) atoms. The van der Waals surface area contributed by atoms with Gasteiger partial charge in [-0.1, -0.05) is 0 Å². The summed E-state index contributed by atoms with van der Waals surface area (Å²) in [5.74, 6) is -0.891. The minimum absolute atomic E-state index is 0.0106. The Bertz CT molecular complexity index is 998. The van der Waals surface area contributed by atoms with Crippen LogP contribution in [0.3, 0.4) is 0 Å². The first-order valence-corrected chi connectivity index (χ1v) is 11.3. The summed E-state index contributed by atoms with van der Waals surface area (Å²) in [6, 6.07) is 5.96. The molecule has 1 aromatic heterocycles. The zero-order chi connectivity index (χ0) is 20.4. The molecule has 0 bridgehead atoms. The monoisotopic (exact) mass is 422 g/mol. The highest BCUT2D eigenvalue weighted by Crippen LogP contribution is 2.27. The van der Waals surface area contributed by atoms with Crippen LogP contribution < -0.4 is 5.32 Å². The number of halogens is 1. The Morgan fingerprint density at radius 2 is 1.90 bits per heavy atom. The topological polar surface area (TPSA) is 93.5 Å². The molecule has 1 N–H and O–H groups in total. The summed E-state index contributed by atoms with van der Waals surface area (Å²) in [5.41, 5.74) is 2.83. The SMILES string of the molecule is O=C(NCCS(=O)(=O)N1CCOCC1)c1nn(-c2ccc(F)cc2)c2c1CCC2. The second-order valence-electron chi connectivity index (χ2n) is 7.10. The number of hydrogen-bond donors (Lipinski definition) is 1. The van der Waals surface area contributed by atoms with E-state index in [4.69, 9.17) is 4.74 Å². The lowest BCUT2D eigenvalue weighted by molar-refractivity contribution is 0.0730. The molecule has 1 amide bonds. The predicted octanol–water partition coefficient (Wildman–Crippen LogP) is 0.892. The molecule has 2 aliphatic rings. The van der Waals surface area contributed by atoms with Gasteiger partial charge in [0.05, 0.1) is 24.7 Å². The van der Waals surface area contributed by atoms with Crippen molar-refractivity contribution in [1.82, 2.24) is 19.4 Å². The highest BCUT2D eigenvalue weighted by Gasteiger charge is 2.28. The quantitative estimate of drug-likeness (QED) is 0.746. The van der Waals surface area contributed by atoms with E-state index in [0.717, 1.165) is 30.5 Å². The van der Waals surface area contributed by atoms with E-state index in [9.17, 15) is 17.6 Å². The average molecular weight is 422 g/mol. The molecule has 0 atom stereocenters. The van der Waals surface area contributed by atoms with E-state index in [1.165, 1.54) is 16.4 Å². The van der Waals surface area contributed by atoms with Gasteiger partial charge in [-0.25, -0.2) is 17.5 Å². The normalized spacial score (nSPS) is 17.3. The number of aromatic nitrogens is 2. The number of rotatable bonds is 6. The molecule has 1 saturated heterocycles.